The molecule has 1 aromatic carbocycles. The molecule has 0 spiro atoms. The summed E-state index contributed by atoms with van der Waals surface area (Å²) in [4.78, 5) is 37.1. The molecule has 3 aromatic heterocycles. The van der Waals surface area contributed by atoms with Gasteiger partial charge in [0.15, 0.2) is 11.2 Å². The summed E-state index contributed by atoms with van der Waals surface area (Å²) >= 11 is 3.36. The molecule has 3 heterocycles. The zero-order valence-corrected chi connectivity index (χ0v) is 16.9. The lowest BCUT2D eigenvalue weighted by Crippen LogP contribution is -2.22. The molecule has 1 N–H and O–H groups in total. The number of aromatic amines is 1. The van der Waals surface area contributed by atoms with Crippen molar-refractivity contribution >= 4 is 27.1 Å². The van der Waals surface area contributed by atoms with Gasteiger partial charge in [-0.1, -0.05) is 30.3 Å². The molecule has 0 bridgehead atoms. The Labute approximate surface area is 169 Å². The standard InChI is InChI=1S/C21H17BrN4O2/c1-12(2)26-11-14(10-15(22)21(26)28)18-17(13-6-4-3-5-7-13)25-20-19(24-18)16(27)8-9-23-20/h3-12H,1-2H3,(H,23,25,27). The fraction of sp³-hybridized carbons (Fsp3) is 0.143. The molecule has 0 aliphatic rings. The van der Waals surface area contributed by atoms with Crippen molar-refractivity contribution < 1.29 is 0 Å². The topological polar surface area (TPSA) is 80.6 Å². The monoisotopic (exact) mass is 436 g/mol. The largest absolute Gasteiger partial charge is 0.345 e. The molecule has 140 valence electrons. The number of nitrogens with one attached hydrogen (secondary N) is 1. The number of nitrogens with zero attached hydrogens (tertiary/aromatic N) is 3. The van der Waals surface area contributed by atoms with Crippen molar-refractivity contribution in [3.05, 3.63) is 79.9 Å². The van der Waals surface area contributed by atoms with Gasteiger partial charge in [-0.3, -0.25) is 9.59 Å². The number of halogens is 1. The summed E-state index contributed by atoms with van der Waals surface area (Å²) < 4.78 is 2.07. The molecule has 0 amide bonds. The average molecular weight is 437 g/mol. The molecule has 0 saturated heterocycles. The van der Waals surface area contributed by atoms with Crippen LogP contribution >= 0.6 is 15.9 Å². The van der Waals surface area contributed by atoms with Crippen LogP contribution in [0.5, 0.6) is 0 Å². The van der Waals surface area contributed by atoms with Crippen molar-refractivity contribution in [2.75, 3.05) is 0 Å². The summed E-state index contributed by atoms with van der Waals surface area (Å²) in [6.45, 7) is 3.87. The molecule has 28 heavy (non-hydrogen) atoms. The molecule has 0 radical (unpaired) electrons. The van der Waals surface area contributed by atoms with Gasteiger partial charge in [-0.05, 0) is 35.8 Å². The molecule has 7 heteroatoms. The van der Waals surface area contributed by atoms with Crippen LogP contribution in [-0.2, 0) is 0 Å². The smallest absolute Gasteiger partial charge is 0.265 e. The third kappa shape index (κ3) is 3.18. The first kappa shape index (κ1) is 18.3. The first-order chi connectivity index (χ1) is 13.5. The fourth-order valence-corrected chi connectivity index (χ4v) is 3.51. The Morgan fingerprint density at radius 1 is 1.00 bits per heavy atom. The van der Waals surface area contributed by atoms with Crippen molar-refractivity contribution in [2.45, 2.75) is 19.9 Å². The van der Waals surface area contributed by atoms with Gasteiger partial charge < -0.3 is 9.55 Å². The molecule has 0 atom stereocenters. The minimum absolute atomic E-state index is 0.0271. The number of hydrogen-bond acceptors (Lipinski definition) is 4. The maximum Gasteiger partial charge on any atom is 0.265 e. The maximum atomic E-state index is 12.4. The Morgan fingerprint density at radius 3 is 2.43 bits per heavy atom. The van der Waals surface area contributed by atoms with Crippen LogP contribution in [-0.4, -0.2) is 19.5 Å². The second-order valence-electron chi connectivity index (χ2n) is 6.71. The predicted octanol–water partition coefficient (Wildman–Crippen LogP) is 4.16. The van der Waals surface area contributed by atoms with Crippen molar-refractivity contribution in [3.63, 3.8) is 0 Å². The van der Waals surface area contributed by atoms with E-state index in [0.717, 1.165) is 5.56 Å². The molecule has 0 unspecified atom stereocenters. The van der Waals surface area contributed by atoms with E-state index in [1.54, 1.807) is 23.0 Å². The number of fused-ring (bicyclic) bond motifs is 1. The van der Waals surface area contributed by atoms with Crippen LogP contribution in [0, 0.1) is 0 Å². The van der Waals surface area contributed by atoms with E-state index in [1.807, 2.05) is 44.2 Å². The van der Waals surface area contributed by atoms with E-state index in [1.165, 1.54) is 6.07 Å². The molecule has 4 rings (SSSR count). The average Bonchev–Trinajstić information content (AvgIpc) is 2.70. The molecule has 0 aliphatic carbocycles. The fourth-order valence-electron chi connectivity index (χ4n) is 3.06. The number of pyridine rings is 2. The van der Waals surface area contributed by atoms with E-state index < -0.39 is 0 Å². The molecule has 6 nitrogen and oxygen atoms in total. The van der Waals surface area contributed by atoms with Crippen LogP contribution in [0.25, 0.3) is 33.7 Å². The maximum absolute atomic E-state index is 12.4. The Balaban J connectivity index is 2.10. The van der Waals surface area contributed by atoms with Gasteiger partial charge in [0.1, 0.15) is 0 Å². The van der Waals surface area contributed by atoms with E-state index in [4.69, 9.17) is 0 Å². The summed E-state index contributed by atoms with van der Waals surface area (Å²) in [5.74, 6) is 0. The van der Waals surface area contributed by atoms with E-state index in [-0.39, 0.29) is 22.5 Å². The highest BCUT2D eigenvalue weighted by molar-refractivity contribution is 9.10. The van der Waals surface area contributed by atoms with E-state index >= 15 is 0 Å². The van der Waals surface area contributed by atoms with Crippen LogP contribution < -0.4 is 11.0 Å². The predicted molar refractivity (Wildman–Crippen MR) is 113 cm³/mol. The van der Waals surface area contributed by atoms with E-state index in [0.29, 0.717) is 27.1 Å². The van der Waals surface area contributed by atoms with Crippen LogP contribution in [0.2, 0.25) is 0 Å². The van der Waals surface area contributed by atoms with Gasteiger partial charge in [0.25, 0.3) is 5.56 Å². The van der Waals surface area contributed by atoms with Gasteiger partial charge in [0.05, 0.1) is 15.9 Å². The number of hydrogen-bond donors (Lipinski definition) is 1. The van der Waals surface area contributed by atoms with Gasteiger partial charge in [-0.2, -0.15) is 0 Å². The lowest BCUT2D eigenvalue weighted by Gasteiger charge is -2.15. The van der Waals surface area contributed by atoms with Gasteiger partial charge in [-0.15, -0.1) is 0 Å². The molecular weight excluding hydrogens is 420 g/mol. The highest BCUT2D eigenvalue weighted by atomic mass is 79.9. The zero-order chi connectivity index (χ0) is 19.8. The van der Waals surface area contributed by atoms with E-state index in [9.17, 15) is 9.59 Å². The lowest BCUT2D eigenvalue weighted by molar-refractivity contribution is 0.577. The summed E-state index contributed by atoms with van der Waals surface area (Å²) in [5, 5.41) is 0. The van der Waals surface area contributed by atoms with Gasteiger partial charge in [-0.25, -0.2) is 9.97 Å². The highest BCUT2D eigenvalue weighted by Crippen LogP contribution is 2.30. The quantitative estimate of drug-likeness (QED) is 0.522. The van der Waals surface area contributed by atoms with Crippen molar-refractivity contribution in [1.82, 2.24) is 19.5 Å². The van der Waals surface area contributed by atoms with Gasteiger partial charge in [0.2, 0.25) is 5.43 Å². The molecule has 0 fully saturated rings. The summed E-state index contributed by atoms with van der Waals surface area (Å²) in [7, 11) is 0. The normalized spacial score (nSPS) is 11.3. The third-order valence-electron chi connectivity index (χ3n) is 4.46. The molecule has 0 aliphatic heterocycles. The molecular formula is C21H17BrN4O2. The zero-order valence-electron chi connectivity index (χ0n) is 15.3. The molecule has 4 aromatic rings. The minimum atomic E-state index is -0.210. The Morgan fingerprint density at radius 2 is 1.71 bits per heavy atom. The van der Waals surface area contributed by atoms with Crippen LogP contribution in [0.15, 0.2) is 68.9 Å². The Bertz CT molecular complexity index is 1290. The lowest BCUT2D eigenvalue weighted by atomic mass is 10.0. The summed E-state index contributed by atoms with van der Waals surface area (Å²) in [5.41, 5.74) is 3.11. The SMILES string of the molecule is CC(C)n1cc(-c2nc3c(=O)cc[nH]c3nc2-c2ccccc2)cc(Br)c1=O. The van der Waals surface area contributed by atoms with Crippen LogP contribution in [0.3, 0.4) is 0 Å². The highest BCUT2D eigenvalue weighted by Gasteiger charge is 2.17. The Kier molecular flexibility index (Phi) is 4.68. The van der Waals surface area contributed by atoms with Crippen molar-refractivity contribution in [2.24, 2.45) is 0 Å². The third-order valence-corrected chi connectivity index (χ3v) is 5.03. The van der Waals surface area contributed by atoms with Crippen molar-refractivity contribution in [3.8, 4) is 22.5 Å². The summed E-state index contributed by atoms with van der Waals surface area (Å²) in [6.07, 6.45) is 3.32. The second kappa shape index (κ2) is 7.16. The first-order valence-electron chi connectivity index (χ1n) is 8.82. The molecule has 0 saturated carbocycles. The van der Waals surface area contributed by atoms with Gasteiger partial charge in [0, 0.05) is 35.6 Å². The van der Waals surface area contributed by atoms with Crippen LogP contribution in [0.1, 0.15) is 19.9 Å². The van der Waals surface area contributed by atoms with Crippen molar-refractivity contribution in [1.29, 1.82) is 0 Å². The van der Waals surface area contributed by atoms with Gasteiger partial charge >= 0.3 is 0 Å². The Hall–Kier alpha value is -3.06. The second-order valence-corrected chi connectivity index (χ2v) is 7.56. The number of aromatic nitrogens is 4. The summed E-state index contributed by atoms with van der Waals surface area (Å²) in [6, 6.07) is 12.8. The number of rotatable bonds is 3. The number of H-pyrrole nitrogens is 1. The van der Waals surface area contributed by atoms with E-state index in [2.05, 4.69) is 30.9 Å². The number of benzene rings is 1. The first-order valence-corrected chi connectivity index (χ1v) is 9.62. The van der Waals surface area contributed by atoms with Crippen LogP contribution in [0.4, 0.5) is 0 Å². The minimum Gasteiger partial charge on any atom is -0.345 e.